The molecule has 1 amide bonds. The summed E-state index contributed by atoms with van der Waals surface area (Å²) in [6.45, 7) is 1.28. The molecule has 0 aliphatic carbocycles. The Bertz CT molecular complexity index is 584. The van der Waals surface area contributed by atoms with Crippen LogP contribution in [0, 0.1) is 0 Å². The number of nitrogens with zero attached hydrogens (tertiary/aromatic N) is 2. The smallest absolute Gasteiger partial charge is 0.225 e. The van der Waals surface area contributed by atoms with E-state index in [1.165, 1.54) is 0 Å². The number of ether oxygens (including phenoxy) is 1. The van der Waals surface area contributed by atoms with Crippen LogP contribution in [0.3, 0.4) is 0 Å². The lowest BCUT2D eigenvalue weighted by Gasteiger charge is -2.24. The SMILES string of the molecule is CN(Cc1nc2ccccc2[nH]1)C(=O)CC1CCCCO1. The number of nitrogens with one attached hydrogen (secondary N) is 1. The van der Waals surface area contributed by atoms with Gasteiger partial charge in [-0.1, -0.05) is 12.1 Å². The summed E-state index contributed by atoms with van der Waals surface area (Å²) >= 11 is 0. The lowest BCUT2D eigenvalue weighted by molar-refractivity contribution is -0.134. The monoisotopic (exact) mass is 287 g/mol. The second-order valence-electron chi connectivity index (χ2n) is 5.64. The molecule has 1 atom stereocenters. The van der Waals surface area contributed by atoms with E-state index in [-0.39, 0.29) is 12.0 Å². The van der Waals surface area contributed by atoms with Crippen molar-refractivity contribution in [1.29, 1.82) is 0 Å². The maximum atomic E-state index is 12.2. The van der Waals surface area contributed by atoms with E-state index in [0.29, 0.717) is 13.0 Å². The van der Waals surface area contributed by atoms with Crippen LogP contribution in [0.15, 0.2) is 24.3 Å². The molecule has 5 heteroatoms. The van der Waals surface area contributed by atoms with Crippen molar-refractivity contribution in [3.8, 4) is 0 Å². The van der Waals surface area contributed by atoms with Gasteiger partial charge in [0.1, 0.15) is 5.82 Å². The van der Waals surface area contributed by atoms with Crippen molar-refractivity contribution in [2.24, 2.45) is 0 Å². The summed E-state index contributed by atoms with van der Waals surface area (Å²) in [6, 6.07) is 7.89. The van der Waals surface area contributed by atoms with Crippen LogP contribution in [0.2, 0.25) is 0 Å². The normalized spacial score (nSPS) is 18.8. The maximum absolute atomic E-state index is 12.2. The van der Waals surface area contributed by atoms with Gasteiger partial charge in [0.25, 0.3) is 0 Å². The van der Waals surface area contributed by atoms with Gasteiger partial charge in [-0.15, -0.1) is 0 Å². The van der Waals surface area contributed by atoms with Crippen LogP contribution in [0.1, 0.15) is 31.5 Å². The van der Waals surface area contributed by atoms with E-state index in [1.54, 1.807) is 4.90 Å². The average molecular weight is 287 g/mol. The molecule has 1 aliphatic rings. The largest absolute Gasteiger partial charge is 0.378 e. The highest BCUT2D eigenvalue weighted by atomic mass is 16.5. The molecule has 1 aliphatic heterocycles. The Labute approximate surface area is 124 Å². The molecule has 0 bridgehead atoms. The quantitative estimate of drug-likeness (QED) is 0.940. The van der Waals surface area contributed by atoms with Gasteiger partial charge in [0.15, 0.2) is 0 Å². The van der Waals surface area contributed by atoms with E-state index in [2.05, 4.69) is 9.97 Å². The molecule has 1 unspecified atom stereocenters. The van der Waals surface area contributed by atoms with Gasteiger partial charge in [-0.25, -0.2) is 4.98 Å². The predicted molar refractivity (Wildman–Crippen MR) is 80.8 cm³/mol. The number of imidazole rings is 1. The second-order valence-corrected chi connectivity index (χ2v) is 5.64. The van der Waals surface area contributed by atoms with E-state index < -0.39 is 0 Å². The van der Waals surface area contributed by atoms with Gasteiger partial charge in [0.2, 0.25) is 5.91 Å². The number of aromatic amines is 1. The van der Waals surface area contributed by atoms with Crippen molar-refractivity contribution in [2.75, 3.05) is 13.7 Å². The number of hydrogen-bond acceptors (Lipinski definition) is 3. The van der Waals surface area contributed by atoms with Crippen LogP contribution in [0.25, 0.3) is 11.0 Å². The van der Waals surface area contributed by atoms with Gasteiger partial charge in [0.05, 0.1) is 30.1 Å². The summed E-state index contributed by atoms with van der Waals surface area (Å²) in [5.41, 5.74) is 1.94. The molecule has 0 spiro atoms. The summed E-state index contributed by atoms with van der Waals surface area (Å²) in [5, 5.41) is 0. The molecule has 112 valence electrons. The first-order valence-electron chi connectivity index (χ1n) is 7.51. The maximum Gasteiger partial charge on any atom is 0.225 e. The minimum Gasteiger partial charge on any atom is -0.378 e. The zero-order chi connectivity index (χ0) is 14.7. The number of amides is 1. The number of aromatic nitrogens is 2. The predicted octanol–water partition coefficient (Wildman–Crippen LogP) is 2.48. The zero-order valence-corrected chi connectivity index (χ0v) is 12.3. The Balaban J connectivity index is 1.59. The molecule has 1 saturated heterocycles. The fourth-order valence-corrected chi connectivity index (χ4v) is 2.71. The topological polar surface area (TPSA) is 58.2 Å². The van der Waals surface area contributed by atoms with Crippen molar-refractivity contribution in [3.63, 3.8) is 0 Å². The standard InChI is InChI=1S/C16H21N3O2/c1-19(16(20)10-12-6-4-5-9-21-12)11-15-17-13-7-2-3-8-14(13)18-15/h2-3,7-8,12H,4-6,9-11H2,1H3,(H,17,18). The van der Waals surface area contributed by atoms with Crippen LogP contribution in [-0.4, -0.2) is 40.5 Å². The molecule has 2 aromatic rings. The highest BCUT2D eigenvalue weighted by Gasteiger charge is 2.20. The molecule has 2 heterocycles. The van der Waals surface area contributed by atoms with Gasteiger partial charge < -0.3 is 14.6 Å². The number of hydrogen-bond donors (Lipinski definition) is 1. The molecule has 0 saturated carbocycles. The molecule has 21 heavy (non-hydrogen) atoms. The Morgan fingerprint density at radius 1 is 1.43 bits per heavy atom. The molecular weight excluding hydrogens is 266 g/mol. The van der Waals surface area contributed by atoms with E-state index >= 15 is 0 Å². The van der Waals surface area contributed by atoms with Crippen LogP contribution >= 0.6 is 0 Å². The molecule has 1 aromatic heterocycles. The lowest BCUT2D eigenvalue weighted by atomic mass is 10.1. The number of carbonyl (C=O) groups excluding carboxylic acids is 1. The van der Waals surface area contributed by atoms with Gasteiger partial charge >= 0.3 is 0 Å². The third-order valence-corrected chi connectivity index (χ3v) is 3.93. The van der Waals surface area contributed by atoms with E-state index in [4.69, 9.17) is 4.74 Å². The van der Waals surface area contributed by atoms with Gasteiger partial charge in [0, 0.05) is 13.7 Å². The molecule has 3 rings (SSSR count). The molecular formula is C16H21N3O2. The molecule has 1 N–H and O–H groups in total. The number of rotatable bonds is 4. The van der Waals surface area contributed by atoms with E-state index in [0.717, 1.165) is 42.7 Å². The Hall–Kier alpha value is -1.88. The van der Waals surface area contributed by atoms with Crippen LogP contribution < -0.4 is 0 Å². The summed E-state index contributed by atoms with van der Waals surface area (Å²) < 4.78 is 5.63. The van der Waals surface area contributed by atoms with Crippen molar-refractivity contribution in [2.45, 2.75) is 38.3 Å². The van der Waals surface area contributed by atoms with Gasteiger partial charge in [-0.3, -0.25) is 4.79 Å². The number of para-hydroxylation sites is 2. The number of H-pyrrole nitrogens is 1. The van der Waals surface area contributed by atoms with Crippen molar-refractivity contribution in [3.05, 3.63) is 30.1 Å². The first-order valence-corrected chi connectivity index (χ1v) is 7.51. The molecule has 0 radical (unpaired) electrons. The number of carbonyl (C=O) groups is 1. The molecule has 5 nitrogen and oxygen atoms in total. The highest BCUT2D eigenvalue weighted by molar-refractivity contribution is 5.77. The zero-order valence-electron chi connectivity index (χ0n) is 12.3. The fraction of sp³-hybridized carbons (Fsp3) is 0.500. The molecule has 1 fully saturated rings. The van der Waals surface area contributed by atoms with E-state index in [9.17, 15) is 4.79 Å². The van der Waals surface area contributed by atoms with Crippen LogP contribution in [0.4, 0.5) is 0 Å². The van der Waals surface area contributed by atoms with Crippen LogP contribution in [-0.2, 0) is 16.1 Å². The van der Waals surface area contributed by atoms with Gasteiger partial charge in [-0.2, -0.15) is 0 Å². The van der Waals surface area contributed by atoms with Crippen molar-refractivity contribution in [1.82, 2.24) is 14.9 Å². The third-order valence-electron chi connectivity index (χ3n) is 3.93. The Morgan fingerprint density at radius 3 is 3.05 bits per heavy atom. The first kappa shape index (κ1) is 14.1. The summed E-state index contributed by atoms with van der Waals surface area (Å²) in [7, 11) is 1.82. The Morgan fingerprint density at radius 2 is 2.29 bits per heavy atom. The van der Waals surface area contributed by atoms with Crippen molar-refractivity contribution < 1.29 is 9.53 Å². The fourth-order valence-electron chi connectivity index (χ4n) is 2.71. The average Bonchev–Trinajstić information content (AvgIpc) is 2.90. The molecule has 1 aromatic carbocycles. The number of fused-ring (bicyclic) bond motifs is 1. The van der Waals surface area contributed by atoms with E-state index in [1.807, 2.05) is 31.3 Å². The summed E-state index contributed by atoms with van der Waals surface area (Å²) in [5.74, 6) is 0.930. The highest BCUT2D eigenvalue weighted by Crippen LogP contribution is 2.17. The lowest BCUT2D eigenvalue weighted by Crippen LogP contribution is -2.32. The summed E-state index contributed by atoms with van der Waals surface area (Å²) in [6.07, 6.45) is 3.82. The minimum absolute atomic E-state index is 0.0874. The minimum atomic E-state index is 0.0874. The van der Waals surface area contributed by atoms with Gasteiger partial charge in [-0.05, 0) is 31.4 Å². The van der Waals surface area contributed by atoms with Crippen molar-refractivity contribution >= 4 is 16.9 Å². The van der Waals surface area contributed by atoms with Crippen LogP contribution in [0.5, 0.6) is 0 Å². The first-order chi connectivity index (χ1) is 10.2. The third kappa shape index (κ3) is 3.42. The summed E-state index contributed by atoms with van der Waals surface area (Å²) in [4.78, 5) is 21.7. The second kappa shape index (κ2) is 6.26. The Kier molecular flexibility index (Phi) is 4.20. The number of benzene rings is 1.